The summed E-state index contributed by atoms with van der Waals surface area (Å²) in [6.07, 6.45) is 2.24. The predicted octanol–water partition coefficient (Wildman–Crippen LogP) is 1.80. The molecule has 0 bridgehead atoms. The number of guanidine groups is 1. The molecule has 0 radical (unpaired) electrons. The van der Waals surface area contributed by atoms with Crippen LogP contribution in [-0.4, -0.2) is 67.2 Å². The van der Waals surface area contributed by atoms with E-state index in [-0.39, 0.29) is 11.7 Å². The normalized spacial score (nSPS) is 16.2. The van der Waals surface area contributed by atoms with Crippen molar-refractivity contribution in [1.29, 1.82) is 0 Å². The van der Waals surface area contributed by atoms with Crippen molar-refractivity contribution in [2.75, 3.05) is 39.3 Å². The van der Waals surface area contributed by atoms with E-state index in [1.807, 2.05) is 0 Å². The van der Waals surface area contributed by atoms with Crippen LogP contribution in [0.15, 0.2) is 29.3 Å². The third-order valence-electron chi connectivity index (χ3n) is 4.69. The maximum absolute atomic E-state index is 12.1. The predicted molar refractivity (Wildman–Crippen MR) is 114 cm³/mol. The van der Waals surface area contributed by atoms with Gasteiger partial charge in [-0.1, -0.05) is 13.8 Å². The molecule has 1 fully saturated rings. The molecule has 1 aromatic carbocycles. The summed E-state index contributed by atoms with van der Waals surface area (Å²) in [5, 5.41) is 19.0. The number of amides is 1. The van der Waals surface area contributed by atoms with Crippen molar-refractivity contribution in [1.82, 2.24) is 20.9 Å². The number of carbonyl (C=O) groups is 1. The molecule has 0 saturated carbocycles. The molecular formula is C21H35N5O2. The van der Waals surface area contributed by atoms with Crippen molar-refractivity contribution in [2.24, 2.45) is 10.9 Å². The molecule has 1 amide bonds. The molecule has 2 rings (SSSR count). The maximum Gasteiger partial charge on any atom is 0.251 e. The highest BCUT2D eigenvalue weighted by molar-refractivity contribution is 5.94. The summed E-state index contributed by atoms with van der Waals surface area (Å²) in [6.45, 7) is 11.8. The summed E-state index contributed by atoms with van der Waals surface area (Å²) in [5.74, 6) is 1.51. The number of phenols is 1. The molecule has 0 atom stereocenters. The van der Waals surface area contributed by atoms with Gasteiger partial charge >= 0.3 is 0 Å². The highest BCUT2D eigenvalue weighted by Gasteiger charge is 2.20. The molecule has 4 N–H and O–H groups in total. The third kappa shape index (κ3) is 7.76. The topological polar surface area (TPSA) is 89.0 Å². The maximum atomic E-state index is 12.1. The molecule has 156 valence electrons. The SMILES string of the molecule is CCNC(=NCCNC(=O)c1ccc(O)cc1)NC1CCN(CC(C)C)CC1. The lowest BCUT2D eigenvalue weighted by molar-refractivity contribution is 0.0955. The molecule has 1 heterocycles. The van der Waals surface area contributed by atoms with Crippen molar-refractivity contribution >= 4 is 11.9 Å². The van der Waals surface area contributed by atoms with Gasteiger partial charge in [0.05, 0.1) is 6.54 Å². The van der Waals surface area contributed by atoms with Crippen LogP contribution < -0.4 is 16.0 Å². The van der Waals surface area contributed by atoms with Crippen LogP contribution in [-0.2, 0) is 0 Å². The Morgan fingerprint density at radius 2 is 1.89 bits per heavy atom. The molecule has 1 aliphatic heterocycles. The number of nitrogens with one attached hydrogen (secondary N) is 3. The van der Waals surface area contributed by atoms with Crippen LogP contribution in [0.25, 0.3) is 0 Å². The standard InChI is InChI=1S/C21H35N5O2/c1-4-22-21(25-18-9-13-26(14-10-18)15-16(2)3)24-12-11-23-20(28)17-5-7-19(27)8-6-17/h5-8,16,18,27H,4,9-15H2,1-3H3,(H,23,28)(H2,22,24,25). The number of benzene rings is 1. The van der Waals surface area contributed by atoms with Crippen LogP contribution in [0.4, 0.5) is 0 Å². The van der Waals surface area contributed by atoms with E-state index in [1.165, 1.54) is 18.7 Å². The summed E-state index contributed by atoms with van der Waals surface area (Å²) in [6, 6.07) is 6.66. The van der Waals surface area contributed by atoms with Gasteiger partial charge in [0.15, 0.2) is 5.96 Å². The number of hydrogen-bond donors (Lipinski definition) is 4. The van der Waals surface area contributed by atoms with E-state index in [2.05, 4.69) is 46.6 Å². The van der Waals surface area contributed by atoms with Crippen LogP contribution in [0.1, 0.15) is 44.0 Å². The second-order valence-electron chi connectivity index (χ2n) is 7.68. The molecule has 1 aliphatic rings. The van der Waals surface area contributed by atoms with Gasteiger partial charge in [0, 0.05) is 44.3 Å². The number of carbonyl (C=O) groups excluding carboxylic acids is 1. The fourth-order valence-electron chi connectivity index (χ4n) is 3.34. The lowest BCUT2D eigenvalue weighted by Crippen LogP contribution is -2.49. The fourth-order valence-corrected chi connectivity index (χ4v) is 3.34. The minimum absolute atomic E-state index is 0.151. The first kappa shape index (κ1) is 22.0. The Kier molecular flexibility index (Phi) is 9.07. The van der Waals surface area contributed by atoms with Crippen molar-refractivity contribution < 1.29 is 9.90 Å². The largest absolute Gasteiger partial charge is 0.508 e. The van der Waals surface area contributed by atoms with Gasteiger partial charge in [-0.2, -0.15) is 0 Å². The number of hydrogen-bond acceptors (Lipinski definition) is 4. The number of piperidine rings is 1. The molecule has 0 aliphatic carbocycles. The summed E-state index contributed by atoms with van der Waals surface area (Å²) < 4.78 is 0. The smallest absolute Gasteiger partial charge is 0.251 e. The molecule has 1 aromatic rings. The van der Waals surface area contributed by atoms with Crippen LogP contribution in [0, 0.1) is 5.92 Å². The molecule has 1 saturated heterocycles. The van der Waals surface area contributed by atoms with Crippen molar-refractivity contribution in [2.45, 2.75) is 39.7 Å². The summed E-state index contributed by atoms with van der Waals surface area (Å²) in [7, 11) is 0. The summed E-state index contributed by atoms with van der Waals surface area (Å²) in [4.78, 5) is 19.2. The molecule has 0 aromatic heterocycles. The number of phenolic OH excluding ortho intramolecular Hbond substituents is 1. The van der Waals surface area contributed by atoms with Gasteiger partial charge in [-0.3, -0.25) is 9.79 Å². The van der Waals surface area contributed by atoms with Crippen molar-refractivity contribution in [3.05, 3.63) is 29.8 Å². The molecule has 0 spiro atoms. The van der Waals surface area contributed by atoms with Gasteiger partial charge in [-0.25, -0.2) is 0 Å². The van der Waals surface area contributed by atoms with E-state index in [0.717, 1.165) is 38.4 Å². The van der Waals surface area contributed by atoms with Gasteiger partial charge in [-0.05, 0) is 49.9 Å². The zero-order valence-electron chi connectivity index (χ0n) is 17.4. The molecule has 0 unspecified atom stereocenters. The molecule has 28 heavy (non-hydrogen) atoms. The van der Waals surface area contributed by atoms with Crippen molar-refractivity contribution in [3.63, 3.8) is 0 Å². The second-order valence-corrected chi connectivity index (χ2v) is 7.68. The van der Waals surface area contributed by atoms with E-state index in [0.29, 0.717) is 30.6 Å². The average Bonchev–Trinajstić information content (AvgIpc) is 2.67. The van der Waals surface area contributed by atoms with E-state index >= 15 is 0 Å². The minimum Gasteiger partial charge on any atom is -0.508 e. The van der Waals surface area contributed by atoms with Crippen LogP contribution in [0.3, 0.4) is 0 Å². The lowest BCUT2D eigenvalue weighted by atomic mass is 10.0. The summed E-state index contributed by atoms with van der Waals surface area (Å²) >= 11 is 0. The number of likely N-dealkylation sites (tertiary alicyclic amines) is 1. The van der Waals surface area contributed by atoms with E-state index < -0.39 is 0 Å². The highest BCUT2D eigenvalue weighted by atomic mass is 16.3. The first-order chi connectivity index (χ1) is 13.5. The Morgan fingerprint density at radius 1 is 1.21 bits per heavy atom. The Hall–Kier alpha value is -2.28. The number of nitrogens with zero attached hydrogens (tertiary/aromatic N) is 2. The average molecular weight is 390 g/mol. The first-order valence-corrected chi connectivity index (χ1v) is 10.3. The Bertz CT molecular complexity index is 622. The number of aliphatic imine (C=N–C) groups is 1. The lowest BCUT2D eigenvalue weighted by Gasteiger charge is -2.34. The number of rotatable bonds is 8. The molecular weight excluding hydrogens is 354 g/mol. The van der Waals surface area contributed by atoms with E-state index in [4.69, 9.17) is 0 Å². The highest BCUT2D eigenvalue weighted by Crippen LogP contribution is 2.12. The van der Waals surface area contributed by atoms with Gasteiger partial charge < -0.3 is 26.0 Å². The third-order valence-corrected chi connectivity index (χ3v) is 4.69. The Balaban J connectivity index is 1.74. The van der Waals surface area contributed by atoms with Gasteiger partial charge in [0.25, 0.3) is 5.91 Å². The Labute approximate surface area is 168 Å². The fraction of sp³-hybridized carbons (Fsp3) is 0.619. The zero-order chi connectivity index (χ0) is 20.4. The van der Waals surface area contributed by atoms with E-state index in [1.54, 1.807) is 12.1 Å². The molecule has 7 nitrogen and oxygen atoms in total. The van der Waals surface area contributed by atoms with Crippen LogP contribution in [0.2, 0.25) is 0 Å². The monoisotopic (exact) mass is 389 g/mol. The van der Waals surface area contributed by atoms with Crippen LogP contribution >= 0.6 is 0 Å². The Morgan fingerprint density at radius 3 is 2.50 bits per heavy atom. The van der Waals surface area contributed by atoms with Crippen molar-refractivity contribution in [3.8, 4) is 5.75 Å². The number of aromatic hydroxyl groups is 1. The van der Waals surface area contributed by atoms with Gasteiger partial charge in [0.2, 0.25) is 0 Å². The first-order valence-electron chi connectivity index (χ1n) is 10.3. The van der Waals surface area contributed by atoms with Crippen LogP contribution in [0.5, 0.6) is 5.75 Å². The van der Waals surface area contributed by atoms with E-state index in [9.17, 15) is 9.90 Å². The van der Waals surface area contributed by atoms with Gasteiger partial charge in [0.1, 0.15) is 5.75 Å². The second kappa shape index (κ2) is 11.5. The van der Waals surface area contributed by atoms with Gasteiger partial charge in [-0.15, -0.1) is 0 Å². The summed E-state index contributed by atoms with van der Waals surface area (Å²) in [5.41, 5.74) is 0.528. The minimum atomic E-state index is -0.161. The molecule has 7 heteroatoms. The quantitative estimate of drug-likeness (QED) is 0.309. The zero-order valence-corrected chi connectivity index (χ0v) is 17.4.